The van der Waals surface area contributed by atoms with Crippen molar-refractivity contribution in [3.8, 4) is 0 Å². The summed E-state index contributed by atoms with van der Waals surface area (Å²) in [6.45, 7) is 7.43. The van der Waals surface area contributed by atoms with Gasteiger partial charge in [0, 0.05) is 5.92 Å². The Morgan fingerprint density at radius 1 is 0.935 bits per heavy atom. The minimum atomic E-state index is -0.345. The summed E-state index contributed by atoms with van der Waals surface area (Å²) in [4.78, 5) is 13.4. The number of ketones is 1. The number of hydrogen-bond donors (Lipinski definition) is 1. The predicted molar refractivity (Wildman–Crippen MR) is 130 cm³/mol. The highest BCUT2D eigenvalue weighted by atomic mass is 32.1. The van der Waals surface area contributed by atoms with Crippen LogP contribution in [0.4, 0.5) is 4.39 Å². The van der Waals surface area contributed by atoms with Crippen LogP contribution in [0.3, 0.4) is 0 Å². The number of carbonyl (C=O) groups is 1. The second-order valence-electron chi connectivity index (χ2n) is 11.6. The van der Waals surface area contributed by atoms with Crippen molar-refractivity contribution in [1.29, 1.82) is 0 Å². The van der Waals surface area contributed by atoms with Crippen molar-refractivity contribution in [2.75, 3.05) is 6.26 Å². The summed E-state index contributed by atoms with van der Waals surface area (Å²) in [5, 5.41) is 0. The first-order chi connectivity index (χ1) is 14.8. The zero-order valence-electron chi connectivity index (χ0n) is 19.9. The van der Waals surface area contributed by atoms with Gasteiger partial charge < -0.3 is 0 Å². The van der Waals surface area contributed by atoms with Crippen molar-refractivity contribution in [3.63, 3.8) is 0 Å². The van der Waals surface area contributed by atoms with Crippen LogP contribution in [0.1, 0.15) is 88.9 Å². The maximum Gasteiger partial charge on any atom is 0.169 e. The molecule has 0 spiro atoms. The maximum absolute atomic E-state index is 14.4. The molecule has 0 heterocycles. The molecule has 0 radical (unpaired) electrons. The number of halogens is 1. The molecule has 172 valence electrons. The molecule has 0 aromatic heterocycles. The van der Waals surface area contributed by atoms with E-state index in [0.29, 0.717) is 16.9 Å². The molecule has 0 amide bonds. The Balaban J connectivity index is 0.00000112. The van der Waals surface area contributed by atoms with Crippen LogP contribution in [0.25, 0.3) is 0 Å². The molecule has 0 saturated heterocycles. The van der Waals surface area contributed by atoms with E-state index in [1.807, 2.05) is 0 Å². The van der Waals surface area contributed by atoms with Gasteiger partial charge in [0.15, 0.2) is 5.78 Å². The van der Waals surface area contributed by atoms with Crippen LogP contribution < -0.4 is 0 Å². The van der Waals surface area contributed by atoms with Gasteiger partial charge in [-0.1, -0.05) is 39.3 Å². The summed E-state index contributed by atoms with van der Waals surface area (Å²) < 4.78 is 14.4. The molecule has 0 N–H and O–H groups in total. The summed E-state index contributed by atoms with van der Waals surface area (Å²) in [6, 6.07) is 6.61. The third-order valence-electron chi connectivity index (χ3n) is 10.4. The van der Waals surface area contributed by atoms with E-state index in [4.69, 9.17) is 0 Å². The Labute approximate surface area is 194 Å². The van der Waals surface area contributed by atoms with Crippen molar-refractivity contribution in [1.82, 2.24) is 0 Å². The summed E-state index contributed by atoms with van der Waals surface area (Å²) in [5.74, 6) is 3.81. The van der Waals surface area contributed by atoms with E-state index in [1.54, 1.807) is 24.5 Å². The van der Waals surface area contributed by atoms with Crippen molar-refractivity contribution >= 4 is 18.4 Å². The van der Waals surface area contributed by atoms with E-state index < -0.39 is 0 Å². The van der Waals surface area contributed by atoms with Crippen LogP contribution in [-0.2, 0) is 0 Å². The molecule has 3 heteroatoms. The second kappa shape index (κ2) is 8.84. The van der Waals surface area contributed by atoms with Crippen molar-refractivity contribution in [2.45, 2.75) is 78.6 Å². The summed E-state index contributed by atoms with van der Waals surface area (Å²) in [6.07, 6.45) is 13.2. The van der Waals surface area contributed by atoms with Crippen molar-refractivity contribution in [3.05, 3.63) is 35.6 Å². The lowest BCUT2D eigenvalue weighted by atomic mass is 9.44. The molecular weight excluding hydrogens is 403 g/mol. The Bertz CT molecular complexity index is 808. The molecule has 8 atom stereocenters. The average Bonchev–Trinajstić information content (AvgIpc) is 3.13. The van der Waals surface area contributed by atoms with Crippen LogP contribution in [0, 0.1) is 52.2 Å². The van der Waals surface area contributed by atoms with Gasteiger partial charge in [-0.3, -0.25) is 4.79 Å². The molecule has 5 rings (SSSR count). The lowest BCUT2D eigenvalue weighted by Gasteiger charge is -2.61. The number of fused-ring (bicyclic) bond motifs is 5. The highest BCUT2D eigenvalue weighted by Gasteiger charge is 2.61. The van der Waals surface area contributed by atoms with Gasteiger partial charge in [-0.25, -0.2) is 4.39 Å². The normalized spacial score (nSPS) is 43.7. The molecule has 1 nitrogen and oxygen atoms in total. The van der Waals surface area contributed by atoms with E-state index in [9.17, 15) is 9.18 Å². The van der Waals surface area contributed by atoms with Crippen molar-refractivity contribution < 1.29 is 9.18 Å². The average molecular weight is 445 g/mol. The topological polar surface area (TPSA) is 17.1 Å². The zero-order chi connectivity index (χ0) is 22.4. The third-order valence-corrected chi connectivity index (χ3v) is 10.4. The number of benzene rings is 1. The number of thiol groups is 1. The molecule has 8 unspecified atom stereocenters. The first-order valence-electron chi connectivity index (χ1n) is 12.6. The van der Waals surface area contributed by atoms with E-state index in [0.717, 1.165) is 36.5 Å². The van der Waals surface area contributed by atoms with Crippen LogP contribution in [0.15, 0.2) is 24.3 Å². The number of rotatable bonds is 2. The quantitative estimate of drug-likeness (QED) is 0.363. The van der Waals surface area contributed by atoms with Crippen LogP contribution in [0.5, 0.6) is 0 Å². The maximum atomic E-state index is 14.4. The lowest BCUT2D eigenvalue weighted by molar-refractivity contribution is -0.114. The standard InChI is InChI=1S/C27H37FO.CH4S/c1-17-12-14-26(2)18(16-17)8-9-19-21-10-11-23(27(21,3)15-13-22(19)26)25(29)20-6-4-5-7-24(20)28;1-2/h4-7,17-19,21-23H,8-16H2,1-3H3;2H,1H3. The van der Waals surface area contributed by atoms with Gasteiger partial charge in [0.25, 0.3) is 0 Å². The molecule has 4 aliphatic carbocycles. The molecule has 0 aliphatic heterocycles. The molecule has 1 aromatic rings. The number of hydrogen-bond acceptors (Lipinski definition) is 2. The van der Waals surface area contributed by atoms with Gasteiger partial charge in [0.05, 0.1) is 5.56 Å². The Hall–Kier alpha value is -0.830. The van der Waals surface area contributed by atoms with E-state index in [2.05, 4.69) is 33.4 Å². The summed E-state index contributed by atoms with van der Waals surface area (Å²) in [7, 11) is 0. The fourth-order valence-corrected chi connectivity index (χ4v) is 8.75. The Morgan fingerprint density at radius 2 is 1.61 bits per heavy atom. The van der Waals surface area contributed by atoms with E-state index in [1.165, 1.54) is 51.0 Å². The first kappa shape index (κ1) is 23.3. The van der Waals surface area contributed by atoms with Gasteiger partial charge in [0.2, 0.25) is 0 Å². The van der Waals surface area contributed by atoms with E-state index in [-0.39, 0.29) is 22.9 Å². The van der Waals surface area contributed by atoms with Crippen LogP contribution in [0.2, 0.25) is 0 Å². The second-order valence-corrected chi connectivity index (χ2v) is 11.6. The van der Waals surface area contributed by atoms with Gasteiger partial charge in [-0.2, -0.15) is 12.6 Å². The molecule has 4 saturated carbocycles. The minimum absolute atomic E-state index is 0.00209. The van der Waals surface area contributed by atoms with Crippen LogP contribution in [-0.4, -0.2) is 12.0 Å². The number of carbonyl (C=O) groups excluding carboxylic acids is 1. The molecule has 31 heavy (non-hydrogen) atoms. The van der Waals surface area contributed by atoms with E-state index >= 15 is 0 Å². The highest BCUT2D eigenvalue weighted by molar-refractivity contribution is 7.79. The van der Waals surface area contributed by atoms with Gasteiger partial charge >= 0.3 is 0 Å². The Kier molecular flexibility index (Phi) is 6.65. The molecular formula is C28H41FOS. The Morgan fingerprint density at radius 3 is 2.35 bits per heavy atom. The lowest BCUT2D eigenvalue weighted by Crippen LogP contribution is -2.53. The van der Waals surface area contributed by atoms with Crippen LogP contribution >= 0.6 is 12.6 Å². The van der Waals surface area contributed by atoms with Gasteiger partial charge in [0.1, 0.15) is 5.82 Å². The molecule has 4 aliphatic rings. The van der Waals surface area contributed by atoms with Gasteiger partial charge in [-0.05, 0) is 110 Å². The summed E-state index contributed by atoms with van der Waals surface area (Å²) in [5.41, 5.74) is 0.897. The molecule has 4 fully saturated rings. The largest absolute Gasteiger partial charge is 0.294 e. The highest BCUT2D eigenvalue weighted by Crippen LogP contribution is 2.68. The van der Waals surface area contributed by atoms with Gasteiger partial charge in [-0.15, -0.1) is 0 Å². The zero-order valence-corrected chi connectivity index (χ0v) is 20.8. The monoisotopic (exact) mass is 444 g/mol. The summed E-state index contributed by atoms with van der Waals surface area (Å²) >= 11 is 3.53. The smallest absolute Gasteiger partial charge is 0.169 e. The SMILES string of the molecule is CC1CCC2(C)C(CCC3C2CCC2(C)C(C(=O)c4ccccc4F)CCC32)C1.CS. The fraction of sp³-hybridized carbons (Fsp3) is 0.750. The molecule has 1 aromatic carbocycles. The minimum Gasteiger partial charge on any atom is -0.294 e. The predicted octanol–water partition coefficient (Wildman–Crippen LogP) is 7.85. The molecule has 0 bridgehead atoms. The number of Topliss-reactive ketones (excluding diaryl/α,β-unsaturated/α-hetero) is 1. The first-order valence-corrected chi connectivity index (χ1v) is 13.5. The fourth-order valence-electron chi connectivity index (χ4n) is 8.75. The third kappa shape index (κ3) is 3.71. The van der Waals surface area contributed by atoms with Crippen molar-refractivity contribution in [2.24, 2.45) is 46.3 Å².